The van der Waals surface area contributed by atoms with Crippen LogP contribution in [0, 0.1) is 0 Å². The Hall–Kier alpha value is -1.06. The van der Waals surface area contributed by atoms with Gasteiger partial charge in [0.25, 0.3) is 0 Å². The van der Waals surface area contributed by atoms with Crippen LogP contribution in [0.3, 0.4) is 0 Å². The van der Waals surface area contributed by atoms with Crippen LogP contribution < -0.4 is 5.73 Å². The number of aromatic hydroxyl groups is 1. The minimum atomic E-state index is 0.322. The van der Waals surface area contributed by atoms with E-state index in [0.29, 0.717) is 18.4 Å². The first kappa shape index (κ1) is 9.03. The molecule has 1 saturated heterocycles. The summed E-state index contributed by atoms with van der Waals surface area (Å²) in [6, 6.07) is 8.71. The van der Waals surface area contributed by atoms with Gasteiger partial charge in [0.2, 0.25) is 0 Å². The molecule has 1 atom stereocenters. The molecule has 0 amide bonds. The molecule has 3 heteroatoms. The monoisotopic (exact) mass is 167 g/mol. The lowest BCUT2D eigenvalue weighted by molar-refractivity contribution is 0.412. The van der Waals surface area contributed by atoms with Gasteiger partial charge in [0.1, 0.15) is 5.75 Å². The Morgan fingerprint density at radius 1 is 1.42 bits per heavy atom. The summed E-state index contributed by atoms with van der Waals surface area (Å²) in [6.07, 6.45) is 0.412. The molecule has 0 spiro atoms. The molecule has 1 heterocycles. The van der Waals surface area contributed by atoms with Gasteiger partial charge in [-0.1, -0.05) is 18.2 Å². The van der Waals surface area contributed by atoms with E-state index in [2.05, 4.69) is 0 Å². The van der Waals surface area contributed by atoms with E-state index >= 15 is 0 Å². The highest BCUT2D eigenvalue weighted by atomic mass is 16.6. The molecule has 1 aliphatic heterocycles. The molecular weight excluding hydrogens is 154 g/mol. The van der Waals surface area contributed by atoms with E-state index < -0.39 is 0 Å². The second kappa shape index (κ2) is 4.74. The van der Waals surface area contributed by atoms with Crippen molar-refractivity contribution in [2.75, 3.05) is 13.2 Å². The van der Waals surface area contributed by atoms with Crippen molar-refractivity contribution in [3.05, 3.63) is 30.3 Å². The SMILES string of the molecule is NCC1CO1.Oc1ccccc1. The van der Waals surface area contributed by atoms with Crippen molar-refractivity contribution < 1.29 is 9.84 Å². The molecule has 0 radical (unpaired) electrons. The maximum absolute atomic E-state index is 8.63. The molecule has 0 aliphatic carbocycles. The minimum absolute atomic E-state index is 0.322. The Morgan fingerprint density at radius 2 is 2.00 bits per heavy atom. The van der Waals surface area contributed by atoms with Crippen molar-refractivity contribution in [2.24, 2.45) is 5.73 Å². The molecule has 1 aromatic rings. The number of hydrogen-bond donors (Lipinski definition) is 2. The van der Waals surface area contributed by atoms with Crippen LogP contribution in [-0.2, 0) is 4.74 Å². The average Bonchev–Trinajstić information content (AvgIpc) is 2.89. The highest BCUT2D eigenvalue weighted by Gasteiger charge is 2.18. The zero-order valence-corrected chi connectivity index (χ0v) is 6.81. The van der Waals surface area contributed by atoms with Crippen LogP contribution >= 0.6 is 0 Å². The lowest BCUT2D eigenvalue weighted by atomic mass is 10.3. The molecule has 1 fully saturated rings. The van der Waals surface area contributed by atoms with Gasteiger partial charge in [-0.05, 0) is 12.1 Å². The summed E-state index contributed by atoms with van der Waals surface area (Å²) in [5.74, 6) is 0.322. The summed E-state index contributed by atoms with van der Waals surface area (Å²) in [4.78, 5) is 0. The highest BCUT2D eigenvalue weighted by molar-refractivity contribution is 5.18. The number of nitrogens with two attached hydrogens (primary N) is 1. The Bertz CT molecular complexity index is 209. The molecule has 1 aromatic carbocycles. The number of para-hydroxylation sites is 1. The third-order valence-electron chi connectivity index (χ3n) is 1.42. The molecule has 3 N–H and O–H groups in total. The molecule has 1 unspecified atom stereocenters. The highest BCUT2D eigenvalue weighted by Crippen LogP contribution is 2.04. The lowest BCUT2D eigenvalue weighted by Gasteiger charge is -1.82. The van der Waals surface area contributed by atoms with Gasteiger partial charge in [-0.25, -0.2) is 0 Å². The van der Waals surface area contributed by atoms with Crippen molar-refractivity contribution in [3.63, 3.8) is 0 Å². The smallest absolute Gasteiger partial charge is 0.115 e. The molecule has 0 saturated carbocycles. The average molecular weight is 167 g/mol. The lowest BCUT2D eigenvalue weighted by Crippen LogP contribution is -2.05. The van der Waals surface area contributed by atoms with Gasteiger partial charge in [0.05, 0.1) is 12.7 Å². The van der Waals surface area contributed by atoms with E-state index in [1.165, 1.54) is 0 Å². The van der Waals surface area contributed by atoms with Gasteiger partial charge < -0.3 is 15.6 Å². The first-order valence-electron chi connectivity index (χ1n) is 3.88. The van der Waals surface area contributed by atoms with E-state index in [4.69, 9.17) is 15.6 Å². The van der Waals surface area contributed by atoms with Crippen molar-refractivity contribution in [1.82, 2.24) is 0 Å². The molecular formula is C9H13NO2. The number of rotatable bonds is 1. The zero-order valence-electron chi connectivity index (χ0n) is 6.81. The summed E-state index contributed by atoms with van der Waals surface area (Å²) < 4.78 is 4.73. The maximum atomic E-state index is 8.63. The van der Waals surface area contributed by atoms with Crippen LogP contribution in [0.15, 0.2) is 30.3 Å². The normalized spacial score (nSPS) is 19.2. The van der Waals surface area contributed by atoms with Crippen molar-refractivity contribution >= 4 is 0 Å². The van der Waals surface area contributed by atoms with Gasteiger partial charge in [-0.3, -0.25) is 0 Å². The fourth-order valence-corrected chi connectivity index (χ4v) is 0.632. The Balaban J connectivity index is 0.000000127. The van der Waals surface area contributed by atoms with Crippen LogP contribution in [0.4, 0.5) is 0 Å². The summed E-state index contributed by atoms with van der Waals surface area (Å²) in [6.45, 7) is 1.58. The van der Waals surface area contributed by atoms with E-state index in [1.54, 1.807) is 24.3 Å². The minimum Gasteiger partial charge on any atom is -0.508 e. The molecule has 1 aliphatic rings. The molecule has 0 aromatic heterocycles. The van der Waals surface area contributed by atoms with E-state index in [0.717, 1.165) is 6.61 Å². The number of phenols is 1. The molecule has 3 nitrogen and oxygen atoms in total. The predicted molar refractivity (Wildman–Crippen MR) is 46.9 cm³/mol. The number of ether oxygens (including phenoxy) is 1. The Kier molecular flexibility index (Phi) is 3.57. The molecule has 66 valence electrons. The van der Waals surface area contributed by atoms with Crippen LogP contribution in [-0.4, -0.2) is 24.4 Å². The van der Waals surface area contributed by atoms with Crippen LogP contribution in [0.2, 0.25) is 0 Å². The van der Waals surface area contributed by atoms with Crippen LogP contribution in [0.1, 0.15) is 0 Å². The number of hydrogen-bond acceptors (Lipinski definition) is 3. The van der Waals surface area contributed by atoms with Crippen molar-refractivity contribution in [3.8, 4) is 5.75 Å². The topological polar surface area (TPSA) is 58.8 Å². The standard InChI is InChI=1S/C6H6O.C3H7NO/c7-6-4-2-1-3-5-6;4-1-3-2-5-3/h1-5,7H;3H,1-2,4H2. The largest absolute Gasteiger partial charge is 0.508 e. The van der Waals surface area contributed by atoms with Gasteiger partial charge in [0, 0.05) is 6.54 Å². The second-order valence-corrected chi connectivity index (χ2v) is 2.53. The van der Waals surface area contributed by atoms with Crippen LogP contribution in [0.25, 0.3) is 0 Å². The Morgan fingerprint density at radius 3 is 2.17 bits per heavy atom. The number of epoxide rings is 1. The summed E-state index contributed by atoms with van der Waals surface area (Å²) >= 11 is 0. The number of benzene rings is 1. The van der Waals surface area contributed by atoms with E-state index in [1.807, 2.05) is 6.07 Å². The number of phenolic OH excluding ortho intramolecular Hbond substituents is 1. The maximum Gasteiger partial charge on any atom is 0.115 e. The van der Waals surface area contributed by atoms with Gasteiger partial charge in [0.15, 0.2) is 0 Å². The van der Waals surface area contributed by atoms with E-state index in [-0.39, 0.29) is 0 Å². The van der Waals surface area contributed by atoms with E-state index in [9.17, 15) is 0 Å². The summed E-state index contributed by atoms with van der Waals surface area (Å²) in [5.41, 5.74) is 5.11. The first-order chi connectivity index (χ1) is 5.83. The van der Waals surface area contributed by atoms with Crippen molar-refractivity contribution in [1.29, 1.82) is 0 Å². The molecule has 2 rings (SSSR count). The van der Waals surface area contributed by atoms with Crippen molar-refractivity contribution in [2.45, 2.75) is 6.10 Å². The quantitative estimate of drug-likeness (QED) is 0.606. The first-order valence-corrected chi connectivity index (χ1v) is 3.88. The second-order valence-electron chi connectivity index (χ2n) is 2.53. The fraction of sp³-hybridized carbons (Fsp3) is 0.333. The fourth-order valence-electron chi connectivity index (χ4n) is 0.632. The van der Waals surface area contributed by atoms with Gasteiger partial charge >= 0.3 is 0 Å². The third-order valence-corrected chi connectivity index (χ3v) is 1.42. The third kappa shape index (κ3) is 3.95. The van der Waals surface area contributed by atoms with Crippen LogP contribution in [0.5, 0.6) is 5.75 Å². The molecule has 12 heavy (non-hydrogen) atoms. The molecule has 0 bridgehead atoms. The zero-order chi connectivity index (χ0) is 8.81. The van der Waals surface area contributed by atoms with Gasteiger partial charge in [-0.2, -0.15) is 0 Å². The summed E-state index contributed by atoms with van der Waals surface area (Å²) in [7, 11) is 0. The van der Waals surface area contributed by atoms with Gasteiger partial charge in [-0.15, -0.1) is 0 Å². The summed E-state index contributed by atoms with van der Waals surface area (Å²) in [5, 5.41) is 8.63. The predicted octanol–water partition coefficient (Wildman–Crippen LogP) is 0.736. The Labute approximate surface area is 71.8 Å².